The minimum atomic E-state index is -3.85. The molecule has 0 aliphatic carbocycles. The quantitative estimate of drug-likeness (QED) is 0.747. The van der Waals surface area contributed by atoms with Gasteiger partial charge in [0.25, 0.3) is 10.0 Å². The van der Waals surface area contributed by atoms with Gasteiger partial charge >= 0.3 is 6.03 Å². The van der Waals surface area contributed by atoms with Gasteiger partial charge in [-0.25, -0.2) is 13.2 Å². The molecule has 3 rings (SSSR count). The summed E-state index contributed by atoms with van der Waals surface area (Å²) >= 11 is 0. The molecule has 156 valence electrons. The molecule has 1 fully saturated rings. The van der Waals surface area contributed by atoms with Gasteiger partial charge < -0.3 is 19.7 Å². The molecule has 2 aromatic carbocycles. The van der Waals surface area contributed by atoms with Crippen molar-refractivity contribution in [2.75, 3.05) is 37.3 Å². The van der Waals surface area contributed by atoms with Gasteiger partial charge in [-0.05, 0) is 55.7 Å². The van der Waals surface area contributed by atoms with Crippen LogP contribution in [0.2, 0.25) is 0 Å². The average Bonchev–Trinajstić information content (AvgIpc) is 2.74. The van der Waals surface area contributed by atoms with Crippen LogP contribution in [0.1, 0.15) is 19.3 Å². The second-order valence-corrected chi connectivity index (χ2v) is 8.36. The summed E-state index contributed by atoms with van der Waals surface area (Å²) in [5, 5.41) is 2.81. The lowest BCUT2D eigenvalue weighted by atomic mass is 10.1. The third kappa shape index (κ3) is 5.11. The number of hydrogen-bond acceptors (Lipinski definition) is 5. The van der Waals surface area contributed by atoms with Crippen molar-refractivity contribution in [2.24, 2.45) is 0 Å². The van der Waals surface area contributed by atoms with Crippen molar-refractivity contribution in [1.82, 2.24) is 4.90 Å². The molecule has 9 heteroatoms. The third-order valence-corrected chi connectivity index (χ3v) is 6.09. The van der Waals surface area contributed by atoms with E-state index in [0.29, 0.717) is 17.2 Å². The Morgan fingerprint density at radius 1 is 0.966 bits per heavy atom. The van der Waals surface area contributed by atoms with Crippen molar-refractivity contribution in [1.29, 1.82) is 0 Å². The number of carbonyl (C=O) groups excluding carboxylic acids is 1. The van der Waals surface area contributed by atoms with E-state index in [1.807, 2.05) is 0 Å². The number of nitrogens with one attached hydrogen (secondary N) is 2. The Morgan fingerprint density at radius 2 is 1.66 bits per heavy atom. The Labute approximate surface area is 170 Å². The maximum Gasteiger partial charge on any atom is 0.321 e. The van der Waals surface area contributed by atoms with Crippen LogP contribution in [0.15, 0.2) is 47.4 Å². The van der Waals surface area contributed by atoms with Gasteiger partial charge in [-0.3, -0.25) is 4.72 Å². The number of carbonyl (C=O) groups is 1. The van der Waals surface area contributed by atoms with E-state index in [2.05, 4.69) is 10.0 Å². The fourth-order valence-electron chi connectivity index (χ4n) is 3.11. The van der Waals surface area contributed by atoms with Crippen LogP contribution in [0.4, 0.5) is 16.2 Å². The van der Waals surface area contributed by atoms with Gasteiger partial charge in [0.1, 0.15) is 11.5 Å². The van der Waals surface area contributed by atoms with Gasteiger partial charge in [-0.15, -0.1) is 0 Å². The smallest absolute Gasteiger partial charge is 0.321 e. The number of anilines is 2. The second kappa shape index (κ2) is 9.04. The highest BCUT2D eigenvalue weighted by Gasteiger charge is 2.19. The van der Waals surface area contributed by atoms with E-state index >= 15 is 0 Å². The summed E-state index contributed by atoms with van der Waals surface area (Å²) in [6, 6.07) is 10.7. The first-order valence-electron chi connectivity index (χ1n) is 9.34. The van der Waals surface area contributed by atoms with Gasteiger partial charge in [0.2, 0.25) is 0 Å². The summed E-state index contributed by atoms with van der Waals surface area (Å²) < 4.78 is 38.4. The first-order chi connectivity index (χ1) is 13.9. The number of hydrogen-bond donors (Lipinski definition) is 2. The van der Waals surface area contributed by atoms with Crippen molar-refractivity contribution in [3.05, 3.63) is 42.5 Å². The minimum absolute atomic E-state index is 0.0679. The van der Waals surface area contributed by atoms with Gasteiger partial charge in [0, 0.05) is 24.8 Å². The normalized spacial score (nSPS) is 14.2. The Balaban J connectivity index is 1.72. The monoisotopic (exact) mass is 419 g/mol. The van der Waals surface area contributed by atoms with Crippen molar-refractivity contribution in [3.63, 3.8) is 0 Å². The largest absolute Gasteiger partial charge is 0.497 e. The molecule has 0 saturated carbocycles. The fourth-order valence-corrected chi connectivity index (χ4v) is 4.18. The number of piperidine rings is 1. The van der Waals surface area contributed by atoms with E-state index < -0.39 is 10.0 Å². The lowest BCUT2D eigenvalue weighted by Gasteiger charge is -2.26. The van der Waals surface area contributed by atoms with Crippen LogP contribution in [0, 0.1) is 0 Å². The molecule has 0 unspecified atom stereocenters. The molecule has 1 heterocycles. The van der Waals surface area contributed by atoms with Gasteiger partial charge in [-0.2, -0.15) is 0 Å². The van der Waals surface area contributed by atoms with Gasteiger partial charge in [-0.1, -0.05) is 0 Å². The molecular formula is C20H25N3O5S. The molecule has 1 aliphatic heterocycles. The van der Waals surface area contributed by atoms with E-state index in [4.69, 9.17) is 9.47 Å². The van der Waals surface area contributed by atoms with Crippen LogP contribution in [0.3, 0.4) is 0 Å². The molecule has 1 aliphatic rings. The molecule has 0 bridgehead atoms. The first kappa shape index (κ1) is 20.8. The summed E-state index contributed by atoms with van der Waals surface area (Å²) in [7, 11) is -0.891. The molecule has 0 spiro atoms. The number of methoxy groups -OCH3 is 2. The maximum atomic E-state index is 12.7. The molecule has 0 atom stereocenters. The zero-order valence-corrected chi connectivity index (χ0v) is 17.3. The lowest BCUT2D eigenvalue weighted by molar-refractivity contribution is 0.200. The topological polar surface area (TPSA) is 97.0 Å². The summed E-state index contributed by atoms with van der Waals surface area (Å²) in [6.07, 6.45) is 3.15. The zero-order chi connectivity index (χ0) is 20.9. The van der Waals surface area contributed by atoms with E-state index in [0.717, 1.165) is 32.4 Å². The van der Waals surface area contributed by atoms with Gasteiger partial charge in [0.15, 0.2) is 0 Å². The number of ether oxygens (including phenoxy) is 2. The van der Waals surface area contributed by atoms with E-state index in [9.17, 15) is 13.2 Å². The Hall–Kier alpha value is -2.94. The Kier molecular flexibility index (Phi) is 6.48. The molecule has 0 aromatic heterocycles. The van der Waals surface area contributed by atoms with E-state index in [-0.39, 0.29) is 16.6 Å². The number of urea groups is 1. The van der Waals surface area contributed by atoms with E-state index in [1.165, 1.54) is 26.4 Å². The maximum absolute atomic E-state index is 12.7. The van der Waals surface area contributed by atoms with Crippen molar-refractivity contribution < 1.29 is 22.7 Å². The van der Waals surface area contributed by atoms with Crippen LogP contribution in [0.25, 0.3) is 0 Å². The summed E-state index contributed by atoms with van der Waals surface area (Å²) in [6.45, 7) is 1.48. The number of rotatable bonds is 6. The highest BCUT2D eigenvalue weighted by molar-refractivity contribution is 7.92. The summed E-state index contributed by atoms with van der Waals surface area (Å²) in [5.74, 6) is 0.874. The standard InChI is InChI=1S/C20H25N3O5S/c1-27-16-8-11-19(28-2)18(14-16)22-29(25,26)17-9-6-15(7-10-17)21-20(24)23-12-4-3-5-13-23/h6-11,14,22H,3-5,12-13H2,1-2H3,(H,21,24). The van der Waals surface area contributed by atoms with Crippen molar-refractivity contribution in [2.45, 2.75) is 24.2 Å². The summed E-state index contributed by atoms with van der Waals surface area (Å²) in [5.41, 5.74) is 0.813. The second-order valence-electron chi connectivity index (χ2n) is 6.67. The number of sulfonamides is 1. The molecule has 1 saturated heterocycles. The predicted octanol–water partition coefficient (Wildman–Crippen LogP) is 3.52. The molecule has 8 nitrogen and oxygen atoms in total. The van der Waals surface area contributed by atoms with Crippen LogP contribution in [0.5, 0.6) is 11.5 Å². The number of nitrogens with zero attached hydrogens (tertiary/aromatic N) is 1. The number of amides is 2. The van der Waals surface area contributed by atoms with E-state index in [1.54, 1.807) is 35.2 Å². The van der Waals surface area contributed by atoms with Crippen molar-refractivity contribution >= 4 is 27.4 Å². The Bertz CT molecular complexity index is 955. The number of benzene rings is 2. The van der Waals surface area contributed by atoms with Gasteiger partial charge in [0.05, 0.1) is 24.8 Å². The first-order valence-corrected chi connectivity index (χ1v) is 10.8. The van der Waals surface area contributed by atoms with Crippen LogP contribution in [-0.2, 0) is 10.0 Å². The molecule has 2 N–H and O–H groups in total. The number of likely N-dealkylation sites (tertiary alicyclic amines) is 1. The minimum Gasteiger partial charge on any atom is -0.497 e. The average molecular weight is 420 g/mol. The molecule has 2 amide bonds. The zero-order valence-electron chi connectivity index (χ0n) is 16.5. The van der Waals surface area contributed by atoms with Crippen LogP contribution < -0.4 is 19.5 Å². The third-order valence-electron chi connectivity index (χ3n) is 4.71. The SMILES string of the molecule is COc1ccc(OC)c(NS(=O)(=O)c2ccc(NC(=O)N3CCCCC3)cc2)c1. The highest BCUT2D eigenvalue weighted by atomic mass is 32.2. The highest BCUT2D eigenvalue weighted by Crippen LogP contribution is 2.31. The predicted molar refractivity (Wildman–Crippen MR) is 111 cm³/mol. The molecule has 2 aromatic rings. The van der Waals surface area contributed by atoms with Crippen LogP contribution in [-0.4, -0.2) is 46.7 Å². The molecule has 29 heavy (non-hydrogen) atoms. The Morgan fingerprint density at radius 3 is 2.28 bits per heavy atom. The summed E-state index contributed by atoms with van der Waals surface area (Å²) in [4.78, 5) is 14.1. The molecule has 0 radical (unpaired) electrons. The van der Waals surface area contributed by atoms with Crippen molar-refractivity contribution in [3.8, 4) is 11.5 Å². The van der Waals surface area contributed by atoms with Crippen LogP contribution >= 0.6 is 0 Å². The lowest BCUT2D eigenvalue weighted by Crippen LogP contribution is -2.38. The molecular weight excluding hydrogens is 394 g/mol. The fraction of sp³-hybridized carbons (Fsp3) is 0.350.